The minimum Gasteiger partial charge on any atom is -0.468 e. The first-order chi connectivity index (χ1) is 34.1. The maximum absolute atomic E-state index is 14.1. The smallest absolute Gasteiger partial charge is 0.261 e. The van der Waals surface area contributed by atoms with Crippen LogP contribution in [0.4, 0.5) is 14.5 Å². The van der Waals surface area contributed by atoms with Gasteiger partial charge in [-0.1, -0.05) is 239 Å². The normalized spacial score (nSPS) is 19.6. The monoisotopic (exact) mass is 1010 g/mol. The summed E-state index contributed by atoms with van der Waals surface area (Å²) in [6.07, 6.45) is 37.1. The minimum atomic E-state index is -1.67. The molecule has 1 heterocycles. The first-order valence-corrected chi connectivity index (χ1v) is 29.3. The molecule has 0 radical (unpaired) electrons. The number of hydrogen-bond donors (Lipinski definition) is 7. The number of ether oxygens (including phenoxy) is 3. The summed E-state index contributed by atoms with van der Waals surface area (Å²) in [6, 6.07) is 2.12. The van der Waals surface area contributed by atoms with Gasteiger partial charge < -0.3 is 50.4 Å². The number of aliphatic hydroxyl groups excluding tert-OH is 5. The number of thiocarbonyl (C=S) groups is 1. The maximum Gasteiger partial charge on any atom is 0.261 e. The van der Waals surface area contributed by atoms with Gasteiger partial charge in [0, 0.05) is 6.07 Å². The number of rotatable bonds is 47. The molecule has 13 heteroatoms. The molecular formula is C57H104F2N2O8S. The Hall–Kier alpha value is -1.55. The minimum absolute atomic E-state index is 0.160. The first kappa shape index (κ1) is 64.6. The molecule has 410 valence electrons. The van der Waals surface area contributed by atoms with Crippen LogP contribution in [0.1, 0.15) is 251 Å². The summed E-state index contributed by atoms with van der Waals surface area (Å²) < 4.78 is 45.0. The van der Waals surface area contributed by atoms with E-state index in [2.05, 4.69) is 24.5 Å². The molecule has 1 aliphatic rings. The van der Waals surface area contributed by atoms with Gasteiger partial charge in [-0.2, -0.15) is 0 Å². The maximum atomic E-state index is 14.1. The van der Waals surface area contributed by atoms with Gasteiger partial charge in [0.05, 0.1) is 30.5 Å². The van der Waals surface area contributed by atoms with Crippen molar-refractivity contribution < 1.29 is 48.5 Å². The average Bonchev–Trinajstić information content (AvgIpc) is 3.35. The fourth-order valence-corrected chi connectivity index (χ4v) is 9.75. The van der Waals surface area contributed by atoms with Gasteiger partial charge in [0.25, 0.3) is 5.17 Å². The summed E-state index contributed by atoms with van der Waals surface area (Å²) in [5.41, 5.74) is -0.240. The molecule has 0 saturated carbocycles. The molecule has 7 N–H and O–H groups in total. The Morgan fingerprint density at radius 2 is 1.00 bits per heavy atom. The summed E-state index contributed by atoms with van der Waals surface area (Å²) in [7, 11) is 0. The predicted octanol–water partition coefficient (Wildman–Crippen LogP) is 13.7. The van der Waals surface area contributed by atoms with Gasteiger partial charge in [0.1, 0.15) is 42.7 Å². The fraction of sp³-hybridized carbons (Fsp3) is 0.877. The van der Waals surface area contributed by atoms with Crippen molar-refractivity contribution in [3.63, 3.8) is 0 Å². The zero-order chi connectivity index (χ0) is 50.9. The first-order valence-electron chi connectivity index (χ1n) is 28.9. The topological polar surface area (TPSA) is 153 Å². The van der Waals surface area contributed by atoms with E-state index in [9.17, 15) is 34.3 Å². The van der Waals surface area contributed by atoms with Gasteiger partial charge in [-0.05, 0) is 43.7 Å². The molecule has 0 aliphatic carbocycles. The predicted molar refractivity (Wildman–Crippen MR) is 287 cm³/mol. The lowest BCUT2D eigenvalue weighted by atomic mass is 9.98. The van der Waals surface area contributed by atoms with E-state index >= 15 is 0 Å². The second kappa shape index (κ2) is 43.8. The van der Waals surface area contributed by atoms with Crippen molar-refractivity contribution in [2.24, 2.45) is 0 Å². The van der Waals surface area contributed by atoms with Crippen molar-refractivity contribution in [3.05, 3.63) is 29.8 Å². The van der Waals surface area contributed by atoms with E-state index in [1.165, 1.54) is 193 Å². The van der Waals surface area contributed by atoms with Crippen molar-refractivity contribution in [2.45, 2.75) is 300 Å². The van der Waals surface area contributed by atoms with Crippen molar-refractivity contribution in [1.82, 2.24) is 5.32 Å². The number of unbranched alkanes of at least 4 members (excludes halogenated alkanes) is 34. The van der Waals surface area contributed by atoms with Crippen LogP contribution in [0.5, 0.6) is 0 Å². The van der Waals surface area contributed by atoms with Crippen LogP contribution in [0.15, 0.2) is 18.2 Å². The van der Waals surface area contributed by atoms with E-state index in [0.29, 0.717) is 13.0 Å². The lowest BCUT2D eigenvalue weighted by Crippen LogP contribution is -2.60. The van der Waals surface area contributed by atoms with Crippen molar-refractivity contribution in [2.75, 3.05) is 25.1 Å². The highest BCUT2D eigenvalue weighted by atomic mass is 32.1. The number of benzene rings is 1. The van der Waals surface area contributed by atoms with Crippen LogP contribution in [0.25, 0.3) is 0 Å². The standard InChI is InChI=1S/C57H104F2N2O8S/c1-3-5-7-9-11-13-15-17-18-19-20-21-22-23-24-25-26-27-28-30-32-34-36-38-42-60-49(52(63)50(62)39-37-35-33-31-29-16-14-12-10-8-6-4-2)44-67-56-55(66)54(65)53(64)51(69-56)45-68-57(70)61-48-43-46(58)40-41-47(48)59/h40-41,43,49-56,60,62-66H,3-39,42,44-45H2,1-2H3,(H,61,70)/t49-,50+,51+,52-,53-,54-,55+,56+/m0/s1. The number of halogens is 2. The van der Waals surface area contributed by atoms with Gasteiger partial charge in [-0.15, -0.1) is 0 Å². The van der Waals surface area contributed by atoms with E-state index in [0.717, 1.165) is 56.7 Å². The van der Waals surface area contributed by atoms with E-state index in [-0.39, 0.29) is 17.5 Å². The van der Waals surface area contributed by atoms with Crippen LogP contribution in [0.2, 0.25) is 0 Å². The van der Waals surface area contributed by atoms with Crippen LogP contribution < -0.4 is 10.6 Å². The fourth-order valence-electron chi connectivity index (χ4n) is 9.57. The highest BCUT2D eigenvalue weighted by Gasteiger charge is 2.45. The van der Waals surface area contributed by atoms with Crippen LogP contribution in [0, 0.1) is 11.6 Å². The molecule has 0 amide bonds. The summed E-state index contributed by atoms with van der Waals surface area (Å²) in [5.74, 6) is -1.43. The Labute approximate surface area is 430 Å². The Bertz CT molecular complexity index is 1370. The second-order valence-electron chi connectivity index (χ2n) is 20.6. The van der Waals surface area contributed by atoms with Gasteiger partial charge in [0.15, 0.2) is 6.29 Å². The Balaban J connectivity index is 1.70. The van der Waals surface area contributed by atoms with E-state index < -0.39 is 67.2 Å². The molecule has 0 spiro atoms. The van der Waals surface area contributed by atoms with Crippen molar-refractivity contribution in [3.8, 4) is 0 Å². The molecule has 1 fully saturated rings. The molecule has 2 rings (SSSR count). The Kier molecular flexibility index (Phi) is 40.4. The summed E-state index contributed by atoms with van der Waals surface area (Å²) in [6.45, 7) is 4.55. The molecule has 10 nitrogen and oxygen atoms in total. The number of hydrogen-bond acceptors (Lipinski definition) is 10. The summed E-state index contributed by atoms with van der Waals surface area (Å²) in [4.78, 5) is 0. The largest absolute Gasteiger partial charge is 0.468 e. The van der Waals surface area contributed by atoms with E-state index in [4.69, 9.17) is 26.4 Å². The Morgan fingerprint density at radius 3 is 1.44 bits per heavy atom. The SMILES string of the molecule is CCCCCCCCCCCCCCCCCCCCCCCCCCN[C@@H](CO[C@@H]1O[C@H](COC(=S)Nc2cc(F)ccc2F)[C@H](O)[C@H](O)[C@H]1O)[C@H](O)[C@H](O)CCCCCCCCCCCCCC. The zero-order valence-corrected chi connectivity index (χ0v) is 45.1. The van der Waals surface area contributed by atoms with E-state index in [1.807, 2.05) is 0 Å². The van der Waals surface area contributed by atoms with Crippen LogP contribution in [-0.4, -0.2) is 99.4 Å². The quantitative estimate of drug-likeness (QED) is 0.0247. The molecule has 0 aromatic heterocycles. The molecule has 0 bridgehead atoms. The third-order valence-corrected chi connectivity index (χ3v) is 14.5. The van der Waals surface area contributed by atoms with E-state index in [1.54, 1.807) is 0 Å². The number of anilines is 1. The average molecular weight is 1020 g/mol. The highest BCUT2D eigenvalue weighted by molar-refractivity contribution is 7.80. The van der Waals surface area contributed by atoms with Crippen molar-refractivity contribution >= 4 is 23.1 Å². The molecule has 1 aliphatic heterocycles. The number of nitrogens with one attached hydrogen (secondary N) is 2. The Morgan fingerprint density at radius 1 is 0.586 bits per heavy atom. The summed E-state index contributed by atoms with van der Waals surface area (Å²) >= 11 is 5.12. The molecule has 1 aromatic rings. The highest BCUT2D eigenvalue weighted by Crippen LogP contribution is 2.25. The van der Waals surface area contributed by atoms with Gasteiger partial charge in [0.2, 0.25) is 0 Å². The molecule has 8 atom stereocenters. The third kappa shape index (κ3) is 31.9. The molecule has 1 aromatic carbocycles. The molecule has 70 heavy (non-hydrogen) atoms. The lowest BCUT2D eigenvalue weighted by molar-refractivity contribution is -0.302. The van der Waals surface area contributed by atoms with Crippen molar-refractivity contribution in [1.29, 1.82) is 0 Å². The number of aliphatic hydroxyl groups is 5. The lowest BCUT2D eigenvalue weighted by Gasteiger charge is -2.40. The van der Waals surface area contributed by atoms with Gasteiger partial charge in [-0.25, -0.2) is 8.78 Å². The van der Waals surface area contributed by atoms with Crippen LogP contribution in [0.3, 0.4) is 0 Å². The third-order valence-electron chi connectivity index (χ3n) is 14.2. The zero-order valence-electron chi connectivity index (χ0n) is 44.3. The van der Waals surface area contributed by atoms with Crippen LogP contribution >= 0.6 is 12.2 Å². The molecule has 1 saturated heterocycles. The second-order valence-corrected chi connectivity index (χ2v) is 21.0. The molecule has 0 unspecified atom stereocenters. The van der Waals surface area contributed by atoms with Gasteiger partial charge in [-0.3, -0.25) is 0 Å². The van der Waals surface area contributed by atoms with Gasteiger partial charge >= 0.3 is 0 Å². The molecular weight excluding hydrogens is 911 g/mol. The van der Waals surface area contributed by atoms with Crippen LogP contribution in [-0.2, 0) is 14.2 Å². The summed E-state index contributed by atoms with van der Waals surface area (Å²) in [5, 5.41) is 60.3.